The molecular weight excluding hydrogens is 380 g/mol. The topological polar surface area (TPSA) is 100.0 Å². The normalized spacial score (nSPS) is 22.7. The summed E-state index contributed by atoms with van der Waals surface area (Å²) < 4.78 is 7.19. The quantitative estimate of drug-likeness (QED) is 0.532. The molecule has 8 nitrogen and oxygen atoms in total. The van der Waals surface area contributed by atoms with E-state index >= 15 is 0 Å². The molecule has 1 saturated heterocycles. The van der Waals surface area contributed by atoms with Crippen LogP contribution in [0.25, 0.3) is 22.4 Å². The summed E-state index contributed by atoms with van der Waals surface area (Å²) in [6.07, 6.45) is 9.35. The van der Waals surface area contributed by atoms with Crippen LogP contribution in [-0.2, 0) is 7.05 Å². The van der Waals surface area contributed by atoms with Crippen molar-refractivity contribution in [1.29, 1.82) is 5.26 Å². The summed E-state index contributed by atoms with van der Waals surface area (Å²) in [4.78, 5) is 15.0. The minimum atomic E-state index is -0.149. The number of nitrogens with zero attached hydrogens (tertiary/aromatic N) is 5. The number of hydrogen-bond acceptors (Lipinski definition) is 6. The highest BCUT2D eigenvalue weighted by Crippen LogP contribution is 2.46. The minimum Gasteiger partial charge on any atom is -0.350 e. The molecule has 5 rings (SSSR count). The van der Waals surface area contributed by atoms with Gasteiger partial charge in [-0.1, -0.05) is 29.4 Å². The number of nitrogens with one attached hydrogen (secondary N) is 1. The second kappa shape index (κ2) is 7.02. The van der Waals surface area contributed by atoms with Crippen LogP contribution in [0, 0.1) is 11.5 Å². The van der Waals surface area contributed by atoms with Gasteiger partial charge in [0, 0.05) is 48.6 Å². The van der Waals surface area contributed by atoms with Crippen LogP contribution < -0.4 is 5.32 Å². The summed E-state index contributed by atoms with van der Waals surface area (Å²) >= 11 is 0. The lowest BCUT2D eigenvalue weighted by Gasteiger charge is -2.49. The van der Waals surface area contributed by atoms with Gasteiger partial charge in [0.25, 0.3) is 5.91 Å². The molecule has 0 radical (unpaired) electrons. The van der Waals surface area contributed by atoms with E-state index in [-0.39, 0.29) is 23.2 Å². The Balaban J connectivity index is 1.32. The molecule has 1 N–H and O–H groups in total. The number of likely N-dealkylation sites (tertiary alicyclic amines) is 1. The molecule has 3 aromatic rings. The van der Waals surface area contributed by atoms with Gasteiger partial charge in [-0.2, -0.15) is 10.4 Å². The molecule has 2 fully saturated rings. The highest BCUT2D eigenvalue weighted by atomic mass is 16.5. The monoisotopic (exact) mass is 402 g/mol. The smallest absolute Gasteiger partial charge is 0.292 e. The first kappa shape index (κ1) is 18.4. The number of amides is 1. The number of aryl methyl sites for hydroxylation is 1. The number of rotatable bonds is 4. The van der Waals surface area contributed by atoms with Gasteiger partial charge in [-0.05, 0) is 31.2 Å². The van der Waals surface area contributed by atoms with Crippen molar-refractivity contribution in [2.75, 3.05) is 6.54 Å². The molecule has 0 bridgehead atoms. The molecule has 0 unspecified atom stereocenters. The Hall–Kier alpha value is -3.60. The number of carbonyl (C=O) groups is 1. The van der Waals surface area contributed by atoms with Crippen LogP contribution >= 0.6 is 0 Å². The zero-order chi connectivity index (χ0) is 20.7. The molecule has 1 saturated carbocycles. The fraction of sp³-hybridized carbons (Fsp3) is 0.364. The number of benzene rings is 1. The Morgan fingerprint density at radius 3 is 2.73 bits per heavy atom. The lowest BCUT2D eigenvalue weighted by Crippen LogP contribution is -2.60. The van der Waals surface area contributed by atoms with Crippen LogP contribution in [0.4, 0.5) is 0 Å². The van der Waals surface area contributed by atoms with Gasteiger partial charge in [-0.3, -0.25) is 9.48 Å². The van der Waals surface area contributed by atoms with Gasteiger partial charge in [0.15, 0.2) is 6.19 Å². The molecular formula is C22H22N6O2. The Morgan fingerprint density at radius 2 is 2.03 bits per heavy atom. The number of hydrogen-bond donors (Lipinski definition) is 1. The van der Waals surface area contributed by atoms with Crippen molar-refractivity contribution < 1.29 is 9.32 Å². The fourth-order valence-corrected chi connectivity index (χ4v) is 4.78. The van der Waals surface area contributed by atoms with Crippen LogP contribution in [0.2, 0.25) is 0 Å². The zero-order valence-electron chi connectivity index (χ0n) is 16.7. The highest BCUT2D eigenvalue weighted by Gasteiger charge is 2.53. The van der Waals surface area contributed by atoms with E-state index < -0.39 is 0 Å². The van der Waals surface area contributed by atoms with Gasteiger partial charge in [-0.15, -0.1) is 0 Å². The van der Waals surface area contributed by atoms with Crippen LogP contribution in [0.3, 0.4) is 0 Å². The van der Waals surface area contributed by atoms with E-state index in [0.29, 0.717) is 12.2 Å². The van der Waals surface area contributed by atoms with Crippen molar-refractivity contribution in [3.8, 4) is 28.6 Å². The van der Waals surface area contributed by atoms with Crippen molar-refractivity contribution in [2.24, 2.45) is 7.05 Å². The molecule has 1 aromatic carbocycles. The fourth-order valence-electron chi connectivity index (χ4n) is 4.78. The molecule has 30 heavy (non-hydrogen) atoms. The van der Waals surface area contributed by atoms with Gasteiger partial charge >= 0.3 is 0 Å². The summed E-state index contributed by atoms with van der Waals surface area (Å²) in [5.41, 5.74) is 3.50. The molecule has 1 aliphatic carbocycles. The largest absolute Gasteiger partial charge is 0.350 e. The maximum absolute atomic E-state index is 13.1. The number of aromatic nitrogens is 3. The second-order valence-electron chi connectivity index (χ2n) is 8.20. The number of nitriles is 1. The zero-order valence-corrected chi connectivity index (χ0v) is 16.7. The third-order valence-corrected chi connectivity index (χ3v) is 6.30. The molecule has 3 heterocycles. The SMILES string of the molecule is Cn1cc(-c2ccc(-c3cc(C(=O)N4CCCC45CC(NC#N)C5)on3)cc2)cn1. The summed E-state index contributed by atoms with van der Waals surface area (Å²) in [7, 11) is 1.89. The molecule has 1 amide bonds. The predicted molar refractivity (Wildman–Crippen MR) is 109 cm³/mol. The molecule has 1 spiro atoms. The second-order valence-corrected chi connectivity index (χ2v) is 8.20. The molecule has 2 aliphatic rings. The Bertz CT molecular complexity index is 1120. The van der Waals surface area contributed by atoms with Crippen molar-refractivity contribution in [2.45, 2.75) is 37.3 Å². The van der Waals surface area contributed by atoms with Crippen LogP contribution in [-0.4, -0.2) is 43.9 Å². The third kappa shape index (κ3) is 3.03. The van der Waals surface area contributed by atoms with E-state index in [4.69, 9.17) is 9.78 Å². The van der Waals surface area contributed by atoms with E-state index in [0.717, 1.165) is 42.4 Å². The third-order valence-electron chi connectivity index (χ3n) is 6.30. The van der Waals surface area contributed by atoms with E-state index in [2.05, 4.69) is 15.6 Å². The van der Waals surface area contributed by atoms with Crippen molar-refractivity contribution in [3.63, 3.8) is 0 Å². The molecule has 0 atom stereocenters. The molecule has 152 valence electrons. The van der Waals surface area contributed by atoms with Crippen LogP contribution in [0.1, 0.15) is 36.2 Å². The first-order chi connectivity index (χ1) is 14.6. The minimum absolute atomic E-state index is 0.117. The Morgan fingerprint density at radius 1 is 1.27 bits per heavy atom. The summed E-state index contributed by atoms with van der Waals surface area (Å²) in [6, 6.07) is 9.83. The van der Waals surface area contributed by atoms with Crippen molar-refractivity contribution in [1.82, 2.24) is 25.2 Å². The van der Waals surface area contributed by atoms with Gasteiger partial charge in [0.2, 0.25) is 5.76 Å². The lowest BCUT2D eigenvalue weighted by molar-refractivity contribution is 0.0219. The molecule has 2 aromatic heterocycles. The lowest BCUT2D eigenvalue weighted by atomic mass is 9.71. The van der Waals surface area contributed by atoms with Crippen LogP contribution in [0.15, 0.2) is 47.2 Å². The standard InChI is InChI=1S/C22H22N6O2/c1-27-13-17(12-25-27)15-3-5-16(6-4-15)19-9-20(30-26-19)21(29)28-8-2-7-22(28)10-18(11-22)24-14-23/h3-6,9,12-13,18,24H,2,7-8,10-11H2,1H3. The van der Waals surface area contributed by atoms with Crippen molar-refractivity contribution in [3.05, 3.63) is 48.5 Å². The van der Waals surface area contributed by atoms with Gasteiger partial charge in [0.1, 0.15) is 5.69 Å². The van der Waals surface area contributed by atoms with E-state index in [1.807, 2.05) is 54.8 Å². The average Bonchev–Trinajstić information content (AvgIpc) is 3.47. The summed E-state index contributed by atoms with van der Waals surface area (Å²) in [5, 5.41) is 19.9. The maximum atomic E-state index is 13.1. The number of carbonyl (C=O) groups excluding carboxylic acids is 1. The first-order valence-electron chi connectivity index (χ1n) is 10.1. The summed E-state index contributed by atoms with van der Waals surface area (Å²) in [6.45, 7) is 0.716. The van der Waals surface area contributed by atoms with Gasteiger partial charge in [0.05, 0.1) is 6.20 Å². The first-order valence-corrected chi connectivity index (χ1v) is 10.1. The predicted octanol–water partition coefficient (Wildman–Crippen LogP) is 2.95. The van der Waals surface area contributed by atoms with E-state index in [1.165, 1.54) is 0 Å². The van der Waals surface area contributed by atoms with Gasteiger partial charge in [-0.25, -0.2) is 0 Å². The van der Waals surface area contributed by atoms with Crippen molar-refractivity contribution >= 4 is 5.91 Å². The van der Waals surface area contributed by atoms with Crippen LogP contribution in [0.5, 0.6) is 0 Å². The maximum Gasteiger partial charge on any atom is 0.292 e. The molecule has 8 heteroatoms. The van der Waals surface area contributed by atoms with Gasteiger partial charge < -0.3 is 14.7 Å². The molecule has 1 aliphatic heterocycles. The summed E-state index contributed by atoms with van der Waals surface area (Å²) in [5.74, 6) is 0.146. The highest BCUT2D eigenvalue weighted by molar-refractivity contribution is 5.93. The Kier molecular flexibility index (Phi) is 4.31. The average molecular weight is 402 g/mol. The van der Waals surface area contributed by atoms with E-state index in [1.54, 1.807) is 10.7 Å². The Labute approximate surface area is 174 Å². The van der Waals surface area contributed by atoms with E-state index in [9.17, 15) is 4.79 Å².